The zero-order chi connectivity index (χ0) is 14.8. The lowest BCUT2D eigenvalue weighted by molar-refractivity contribution is 0.220. The molecule has 108 valence electrons. The highest BCUT2D eigenvalue weighted by atomic mass is 15.1. The first-order valence-electron chi connectivity index (χ1n) is 7.46. The second-order valence-corrected chi connectivity index (χ2v) is 6.87. The number of hydrogen-bond donors (Lipinski definition) is 1. The number of nitrogen functional groups attached to an aromatic ring is 1. The molecule has 2 N–H and O–H groups in total. The van der Waals surface area contributed by atoms with Crippen LogP contribution in [0, 0.1) is 22.7 Å². The van der Waals surface area contributed by atoms with Crippen molar-refractivity contribution in [1.29, 1.82) is 5.26 Å². The Morgan fingerprint density at radius 3 is 2.65 bits per heavy atom. The molecule has 0 amide bonds. The maximum Gasteiger partial charge on any atom is 0.0992 e. The van der Waals surface area contributed by atoms with Crippen LogP contribution in [-0.2, 0) is 0 Å². The van der Waals surface area contributed by atoms with E-state index in [0.29, 0.717) is 11.0 Å². The third-order valence-corrected chi connectivity index (χ3v) is 4.45. The highest BCUT2D eigenvalue weighted by molar-refractivity contribution is 5.69. The van der Waals surface area contributed by atoms with Gasteiger partial charge in [0.2, 0.25) is 0 Å². The fraction of sp³-hybridized carbons (Fsp3) is 0.588. The zero-order valence-corrected chi connectivity index (χ0v) is 12.8. The van der Waals surface area contributed by atoms with E-state index in [1.165, 1.54) is 19.3 Å². The fourth-order valence-electron chi connectivity index (χ4n) is 3.09. The molecule has 0 aromatic heterocycles. The van der Waals surface area contributed by atoms with Crippen molar-refractivity contribution in [3.05, 3.63) is 23.8 Å². The predicted octanol–water partition coefficient (Wildman–Crippen LogP) is 3.79. The molecule has 0 spiro atoms. The Labute approximate surface area is 122 Å². The first-order chi connectivity index (χ1) is 9.41. The van der Waals surface area contributed by atoms with Gasteiger partial charge in [0, 0.05) is 13.1 Å². The molecular weight excluding hydrogens is 246 g/mol. The van der Waals surface area contributed by atoms with E-state index in [-0.39, 0.29) is 0 Å². The van der Waals surface area contributed by atoms with Gasteiger partial charge < -0.3 is 10.6 Å². The lowest BCUT2D eigenvalue weighted by Gasteiger charge is -2.30. The molecule has 0 saturated carbocycles. The molecule has 1 heterocycles. The van der Waals surface area contributed by atoms with Gasteiger partial charge in [0.1, 0.15) is 0 Å². The van der Waals surface area contributed by atoms with Gasteiger partial charge in [0.15, 0.2) is 0 Å². The van der Waals surface area contributed by atoms with Crippen molar-refractivity contribution in [2.24, 2.45) is 11.3 Å². The fourth-order valence-corrected chi connectivity index (χ4v) is 3.09. The highest BCUT2D eigenvalue weighted by Crippen LogP contribution is 2.36. The van der Waals surface area contributed by atoms with E-state index < -0.39 is 0 Å². The molecule has 2 rings (SSSR count). The number of nitrogens with two attached hydrogens (primary N) is 1. The summed E-state index contributed by atoms with van der Waals surface area (Å²) >= 11 is 0. The maximum atomic E-state index is 9.05. The Bertz CT molecular complexity index is 508. The van der Waals surface area contributed by atoms with Gasteiger partial charge in [-0.05, 0) is 48.8 Å². The van der Waals surface area contributed by atoms with Crippen molar-refractivity contribution in [3.63, 3.8) is 0 Å². The molecule has 0 radical (unpaired) electrons. The van der Waals surface area contributed by atoms with Crippen LogP contribution in [0.25, 0.3) is 0 Å². The molecule has 1 aliphatic heterocycles. The second-order valence-electron chi connectivity index (χ2n) is 6.87. The molecule has 3 heteroatoms. The van der Waals surface area contributed by atoms with Crippen LogP contribution >= 0.6 is 0 Å². The van der Waals surface area contributed by atoms with Crippen molar-refractivity contribution >= 4 is 11.4 Å². The van der Waals surface area contributed by atoms with E-state index >= 15 is 0 Å². The molecule has 1 fully saturated rings. The summed E-state index contributed by atoms with van der Waals surface area (Å²) in [5.41, 5.74) is 8.96. The van der Waals surface area contributed by atoms with E-state index in [1.807, 2.05) is 12.1 Å². The van der Waals surface area contributed by atoms with Gasteiger partial charge in [-0.25, -0.2) is 0 Å². The predicted molar refractivity (Wildman–Crippen MR) is 84.6 cm³/mol. The van der Waals surface area contributed by atoms with Gasteiger partial charge >= 0.3 is 0 Å². The summed E-state index contributed by atoms with van der Waals surface area (Å²) in [6.07, 6.45) is 3.66. The van der Waals surface area contributed by atoms with Crippen LogP contribution < -0.4 is 10.6 Å². The Morgan fingerprint density at radius 2 is 2.00 bits per heavy atom. The van der Waals surface area contributed by atoms with Crippen LogP contribution in [0.4, 0.5) is 11.4 Å². The summed E-state index contributed by atoms with van der Waals surface area (Å²) in [7, 11) is 0. The quantitative estimate of drug-likeness (QED) is 0.791. The second kappa shape index (κ2) is 5.75. The average molecular weight is 271 g/mol. The van der Waals surface area contributed by atoms with E-state index in [0.717, 1.165) is 30.4 Å². The number of nitrogens with zero attached hydrogens (tertiary/aromatic N) is 2. The van der Waals surface area contributed by atoms with Crippen LogP contribution in [0.2, 0.25) is 0 Å². The third kappa shape index (κ3) is 3.25. The van der Waals surface area contributed by atoms with Crippen molar-refractivity contribution in [3.8, 4) is 6.07 Å². The van der Waals surface area contributed by atoms with Crippen LogP contribution in [-0.4, -0.2) is 13.1 Å². The number of rotatable bonds is 1. The van der Waals surface area contributed by atoms with Crippen LogP contribution in [0.15, 0.2) is 18.2 Å². The van der Waals surface area contributed by atoms with Crippen molar-refractivity contribution in [2.75, 3.05) is 23.7 Å². The molecule has 1 aliphatic rings. The Balaban J connectivity index is 2.17. The molecular formula is C17H25N3. The van der Waals surface area contributed by atoms with Crippen molar-refractivity contribution in [1.82, 2.24) is 0 Å². The third-order valence-electron chi connectivity index (χ3n) is 4.45. The van der Waals surface area contributed by atoms with Gasteiger partial charge in [0.25, 0.3) is 0 Å². The summed E-state index contributed by atoms with van der Waals surface area (Å²) in [5, 5.41) is 9.05. The van der Waals surface area contributed by atoms with Gasteiger partial charge in [-0.1, -0.05) is 20.8 Å². The Morgan fingerprint density at radius 1 is 1.25 bits per heavy atom. The Kier molecular flexibility index (Phi) is 4.23. The largest absolute Gasteiger partial charge is 0.397 e. The molecule has 0 aliphatic carbocycles. The summed E-state index contributed by atoms with van der Waals surface area (Å²) in [5.74, 6) is 0.757. The standard InChI is InChI=1S/C17H25N3/c1-17(2,3)14-5-4-9-20(10-8-14)16-11-13(12-18)6-7-15(16)19/h6-7,11,14H,4-5,8-10,19H2,1-3H3. The maximum absolute atomic E-state index is 9.05. The lowest BCUT2D eigenvalue weighted by atomic mass is 9.77. The van der Waals surface area contributed by atoms with Crippen molar-refractivity contribution in [2.45, 2.75) is 40.0 Å². The van der Waals surface area contributed by atoms with Gasteiger partial charge in [-0.3, -0.25) is 0 Å². The summed E-state index contributed by atoms with van der Waals surface area (Å²) in [4.78, 5) is 2.35. The molecule has 1 unspecified atom stereocenters. The molecule has 3 nitrogen and oxygen atoms in total. The number of hydrogen-bond acceptors (Lipinski definition) is 3. The zero-order valence-electron chi connectivity index (χ0n) is 12.8. The molecule has 20 heavy (non-hydrogen) atoms. The number of benzene rings is 1. The highest BCUT2D eigenvalue weighted by Gasteiger charge is 2.27. The smallest absolute Gasteiger partial charge is 0.0992 e. The SMILES string of the molecule is CC(C)(C)C1CCCN(c2cc(C#N)ccc2N)CC1. The minimum absolute atomic E-state index is 0.371. The van der Waals surface area contributed by atoms with Gasteiger partial charge in [0.05, 0.1) is 23.0 Å². The molecule has 1 aromatic carbocycles. The van der Waals surface area contributed by atoms with Crippen LogP contribution in [0.1, 0.15) is 45.6 Å². The van der Waals surface area contributed by atoms with E-state index in [2.05, 4.69) is 31.7 Å². The number of anilines is 2. The molecule has 1 aromatic rings. The summed E-state index contributed by atoms with van der Waals surface area (Å²) in [6.45, 7) is 9.06. The number of nitriles is 1. The summed E-state index contributed by atoms with van der Waals surface area (Å²) in [6, 6.07) is 7.76. The van der Waals surface area contributed by atoms with E-state index in [1.54, 1.807) is 6.07 Å². The first-order valence-corrected chi connectivity index (χ1v) is 7.46. The molecule has 1 atom stereocenters. The minimum Gasteiger partial charge on any atom is -0.397 e. The van der Waals surface area contributed by atoms with Crippen molar-refractivity contribution < 1.29 is 0 Å². The topological polar surface area (TPSA) is 53.0 Å². The summed E-state index contributed by atoms with van der Waals surface area (Å²) < 4.78 is 0. The molecule has 1 saturated heterocycles. The lowest BCUT2D eigenvalue weighted by Crippen LogP contribution is -2.26. The first kappa shape index (κ1) is 14.7. The Hall–Kier alpha value is -1.69. The van der Waals surface area contributed by atoms with Crippen LogP contribution in [0.5, 0.6) is 0 Å². The average Bonchev–Trinajstić information content (AvgIpc) is 2.64. The monoisotopic (exact) mass is 271 g/mol. The van der Waals surface area contributed by atoms with E-state index in [4.69, 9.17) is 11.0 Å². The van der Waals surface area contributed by atoms with E-state index in [9.17, 15) is 0 Å². The van der Waals surface area contributed by atoms with Gasteiger partial charge in [-0.2, -0.15) is 5.26 Å². The van der Waals surface area contributed by atoms with Gasteiger partial charge in [-0.15, -0.1) is 0 Å². The van der Waals surface area contributed by atoms with Crippen LogP contribution in [0.3, 0.4) is 0 Å². The normalized spacial score (nSPS) is 20.3. The minimum atomic E-state index is 0.371. The molecule has 0 bridgehead atoms.